The van der Waals surface area contributed by atoms with E-state index >= 15 is 0 Å². The third-order valence-electron chi connectivity index (χ3n) is 2.84. The van der Waals surface area contributed by atoms with Crippen molar-refractivity contribution in [2.24, 2.45) is 0 Å². The smallest absolute Gasteiger partial charge is 0.305 e. The number of hydrogen-bond acceptors (Lipinski definition) is 4. The van der Waals surface area contributed by atoms with Crippen LogP contribution in [0.25, 0.3) is 0 Å². The standard InChI is InChI=1S/C14H26O5/c1-2-7-12(15)8-5-6-11-19-14(18)10-4-3-9-13(16)17/h12,15H,2-11H2,1H3,(H,16,17). The minimum atomic E-state index is -0.834. The summed E-state index contributed by atoms with van der Waals surface area (Å²) in [7, 11) is 0. The van der Waals surface area contributed by atoms with Crippen molar-refractivity contribution in [1.29, 1.82) is 0 Å². The Morgan fingerprint density at radius 1 is 1.05 bits per heavy atom. The SMILES string of the molecule is CCCC(O)CCCCOC(=O)CCCCC(=O)O. The lowest BCUT2D eigenvalue weighted by Crippen LogP contribution is -2.08. The lowest BCUT2D eigenvalue weighted by molar-refractivity contribution is -0.144. The Morgan fingerprint density at radius 3 is 2.37 bits per heavy atom. The van der Waals surface area contributed by atoms with Crippen LogP contribution in [0.1, 0.15) is 64.7 Å². The number of carbonyl (C=O) groups is 2. The second kappa shape index (κ2) is 12.0. The van der Waals surface area contributed by atoms with E-state index in [9.17, 15) is 14.7 Å². The van der Waals surface area contributed by atoms with Crippen LogP contribution in [0.2, 0.25) is 0 Å². The van der Waals surface area contributed by atoms with Gasteiger partial charge in [-0.1, -0.05) is 13.3 Å². The van der Waals surface area contributed by atoms with Gasteiger partial charge in [0.05, 0.1) is 12.7 Å². The summed E-state index contributed by atoms with van der Waals surface area (Å²) in [6, 6.07) is 0. The molecule has 5 heteroatoms. The van der Waals surface area contributed by atoms with Gasteiger partial charge in [0.25, 0.3) is 0 Å². The molecule has 19 heavy (non-hydrogen) atoms. The molecule has 0 saturated carbocycles. The summed E-state index contributed by atoms with van der Waals surface area (Å²) < 4.78 is 5.02. The van der Waals surface area contributed by atoms with Gasteiger partial charge >= 0.3 is 11.9 Å². The summed E-state index contributed by atoms with van der Waals surface area (Å²) >= 11 is 0. The molecule has 0 rings (SSSR count). The molecule has 112 valence electrons. The molecule has 0 aromatic rings. The predicted octanol–water partition coefficient (Wildman–Crippen LogP) is 2.51. The van der Waals surface area contributed by atoms with Crippen molar-refractivity contribution in [3.8, 4) is 0 Å². The summed E-state index contributed by atoms with van der Waals surface area (Å²) in [5.74, 6) is -1.10. The first kappa shape index (κ1) is 17.9. The molecule has 0 spiro atoms. The molecule has 0 heterocycles. The second-order valence-corrected chi connectivity index (χ2v) is 4.76. The number of aliphatic hydroxyl groups is 1. The van der Waals surface area contributed by atoms with Gasteiger partial charge in [-0.05, 0) is 38.5 Å². The summed E-state index contributed by atoms with van der Waals surface area (Å²) in [5.41, 5.74) is 0. The van der Waals surface area contributed by atoms with Gasteiger partial charge in [0.2, 0.25) is 0 Å². The topological polar surface area (TPSA) is 83.8 Å². The Labute approximate surface area is 115 Å². The molecule has 1 unspecified atom stereocenters. The third kappa shape index (κ3) is 13.1. The number of unbranched alkanes of at least 4 members (excludes halogenated alkanes) is 2. The molecule has 1 atom stereocenters. The monoisotopic (exact) mass is 274 g/mol. The zero-order valence-corrected chi connectivity index (χ0v) is 11.8. The number of carboxylic acids is 1. The van der Waals surface area contributed by atoms with E-state index in [-0.39, 0.29) is 24.9 Å². The number of hydrogen-bond donors (Lipinski definition) is 2. The molecule has 0 amide bonds. The minimum absolute atomic E-state index is 0.0998. The zero-order valence-electron chi connectivity index (χ0n) is 11.8. The number of aliphatic hydroxyl groups excluding tert-OH is 1. The van der Waals surface area contributed by atoms with Crippen LogP contribution in [0.3, 0.4) is 0 Å². The van der Waals surface area contributed by atoms with Gasteiger partial charge in [-0.25, -0.2) is 0 Å². The molecule has 0 fully saturated rings. The molecule has 0 aromatic heterocycles. The fourth-order valence-corrected chi connectivity index (χ4v) is 1.76. The Morgan fingerprint density at radius 2 is 1.74 bits per heavy atom. The molecule has 0 bridgehead atoms. The van der Waals surface area contributed by atoms with Crippen molar-refractivity contribution in [2.45, 2.75) is 70.8 Å². The van der Waals surface area contributed by atoms with E-state index in [4.69, 9.17) is 9.84 Å². The van der Waals surface area contributed by atoms with Crippen LogP contribution in [0.4, 0.5) is 0 Å². The van der Waals surface area contributed by atoms with Crippen LogP contribution in [-0.2, 0) is 14.3 Å². The molecule has 0 aromatic carbocycles. The van der Waals surface area contributed by atoms with Gasteiger partial charge in [0.15, 0.2) is 0 Å². The van der Waals surface area contributed by atoms with Crippen molar-refractivity contribution in [3.05, 3.63) is 0 Å². The van der Waals surface area contributed by atoms with Gasteiger partial charge in [0.1, 0.15) is 0 Å². The van der Waals surface area contributed by atoms with Crippen LogP contribution in [0.15, 0.2) is 0 Å². The van der Waals surface area contributed by atoms with Crippen molar-refractivity contribution in [2.75, 3.05) is 6.61 Å². The van der Waals surface area contributed by atoms with Crippen molar-refractivity contribution >= 4 is 11.9 Å². The number of aliphatic carboxylic acids is 1. The first-order valence-corrected chi connectivity index (χ1v) is 7.11. The van der Waals surface area contributed by atoms with E-state index < -0.39 is 5.97 Å². The van der Waals surface area contributed by atoms with Gasteiger partial charge < -0.3 is 14.9 Å². The summed E-state index contributed by atoms with van der Waals surface area (Å²) in [6.07, 6.45) is 5.38. The lowest BCUT2D eigenvalue weighted by Gasteiger charge is -2.08. The summed E-state index contributed by atoms with van der Waals surface area (Å²) in [5, 5.41) is 17.9. The summed E-state index contributed by atoms with van der Waals surface area (Å²) in [6.45, 7) is 2.42. The zero-order chi connectivity index (χ0) is 14.5. The predicted molar refractivity (Wildman–Crippen MR) is 71.8 cm³/mol. The molecular formula is C14H26O5. The van der Waals surface area contributed by atoms with Crippen molar-refractivity contribution in [1.82, 2.24) is 0 Å². The molecule has 5 nitrogen and oxygen atoms in total. The van der Waals surface area contributed by atoms with E-state index in [0.29, 0.717) is 19.4 Å². The highest BCUT2D eigenvalue weighted by atomic mass is 16.5. The van der Waals surface area contributed by atoms with Crippen molar-refractivity contribution < 1.29 is 24.5 Å². The van der Waals surface area contributed by atoms with E-state index in [1.54, 1.807) is 0 Å². The molecule has 0 aliphatic heterocycles. The fraction of sp³-hybridized carbons (Fsp3) is 0.857. The lowest BCUT2D eigenvalue weighted by atomic mass is 10.1. The largest absolute Gasteiger partial charge is 0.481 e. The number of esters is 1. The van der Waals surface area contributed by atoms with Crippen LogP contribution in [0, 0.1) is 0 Å². The van der Waals surface area contributed by atoms with Gasteiger partial charge in [0, 0.05) is 12.8 Å². The first-order valence-electron chi connectivity index (χ1n) is 7.11. The maximum atomic E-state index is 11.3. The fourth-order valence-electron chi connectivity index (χ4n) is 1.76. The maximum Gasteiger partial charge on any atom is 0.305 e. The second-order valence-electron chi connectivity index (χ2n) is 4.76. The van der Waals surface area contributed by atoms with Gasteiger partial charge in [-0.3, -0.25) is 9.59 Å². The number of carboxylic acid groups (broad SMARTS) is 1. The van der Waals surface area contributed by atoms with E-state index in [1.807, 2.05) is 6.92 Å². The highest BCUT2D eigenvalue weighted by Gasteiger charge is 2.05. The first-order chi connectivity index (χ1) is 9.06. The quantitative estimate of drug-likeness (QED) is 0.422. The molecule has 0 radical (unpaired) electrons. The van der Waals surface area contributed by atoms with E-state index in [2.05, 4.69) is 0 Å². The number of ether oxygens (including phenoxy) is 1. The average molecular weight is 274 g/mol. The van der Waals surface area contributed by atoms with E-state index in [0.717, 1.165) is 32.1 Å². The summed E-state index contributed by atoms with van der Waals surface area (Å²) in [4.78, 5) is 21.5. The Kier molecular flexibility index (Phi) is 11.3. The molecule has 0 saturated heterocycles. The van der Waals surface area contributed by atoms with E-state index in [1.165, 1.54) is 0 Å². The Balaban J connectivity index is 3.31. The van der Waals surface area contributed by atoms with Crippen LogP contribution >= 0.6 is 0 Å². The molecule has 0 aliphatic carbocycles. The number of carbonyl (C=O) groups excluding carboxylic acids is 1. The highest BCUT2D eigenvalue weighted by molar-refractivity contribution is 5.69. The van der Waals surface area contributed by atoms with Gasteiger partial charge in [-0.2, -0.15) is 0 Å². The Hall–Kier alpha value is -1.10. The molecule has 2 N–H and O–H groups in total. The maximum absolute atomic E-state index is 11.3. The average Bonchev–Trinajstić information content (AvgIpc) is 2.34. The van der Waals surface area contributed by atoms with Gasteiger partial charge in [-0.15, -0.1) is 0 Å². The molecular weight excluding hydrogens is 248 g/mol. The highest BCUT2D eigenvalue weighted by Crippen LogP contribution is 2.07. The normalized spacial score (nSPS) is 12.1. The Bertz CT molecular complexity index is 252. The van der Waals surface area contributed by atoms with Crippen molar-refractivity contribution in [3.63, 3.8) is 0 Å². The third-order valence-corrected chi connectivity index (χ3v) is 2.84. The minimum Gasteiger partial charge on any atom is -0.481 e. The van der Waals surface area contributed by atoms with Crippen LogP contribution in [-0.4, -0.2) is 34.9 Å². The molecule has 0 aliphatic rings. The van der Waals surface area contributed by atoms with Crippen LogP contribution in [0.5, 0.6) is 0 Å². The van der Waals surface area contributed by atoms with Crippen LogP contribution < -0.4 is 0 Å². The number of rotatable bonds is 12.